The summed E-state index contributed by atoms with van der Waals surface area (Å²) in [5, 5.41) is -0.335. The van der Waals surface area contributed by atoms with Crippen molar-refractivity contribution >= 4 is 27.6 Å². The number of hydrogen-bond donors (Lipinski definition) is 2. The van der Waals surface area contributed by atoms with Crippen LogP contribution in [0.15, 0.2) is 53.7 Å². The number of nitrogens with one attached hydrogen (secondary N) is 1. The van der Waals surface area contributed by atoms with Gasteiger partial charge in [-0.1, -0.05) is 13.0 Å². The van der Waals surface area contributed by atoms with Gasteiger partial charge in [-0.3, -0.25) is 4.79 Å². The second kappa shape index (κ2) is 10.3. The molecule has 1 aliphatic heterocycles. The lowest BCUT2D eigenvalue weighted by Gasteiger charge is -2.30. The van der Waals surface area contributed by atoms with E-state index in [-0.39, 0.29) is 34.6 Å². The van der Waals surface area contributed by atoms with Crippen molar-refractivity contribution in [3.8, 4) is 17.1 Å². The molecule has 0 aliphatic carbocycles. The molecule has 1 saturated heterocycles. The molecular weight excluding hydrogens is 492 g/mol. The number of aromatic nitrogens is 3. The van der Waals surface area contributed by atoms with Crippen LogP contribution in [0.4, 0.5) is 11.6 Å². The van der Waals surface area contributed by atoms with Crippen molar-refractivity contribution < 1.29 is 17.9 Å². The topological polar surface area (TPSA) is 140 Å². The Bertz CT molecular complexity index is 1390. The minimum Gasteiger partial charge on any atom is -0.475 e. The number of anilines is 2. The highest BCUT2D eigenvalue weighted by Gasteiger charge is 2.37. The molecule has 0 spiro atoms. The normalized spacial score (nSPS) is 19.7. The summed E-state index contributed by atoms with van der Waals surface area (Å²) in [7, 11) is -4.25. The summed E-state index contributed by atoms with van der Waals surface area (Å²) in [6.45, 7) is 10.2. The Morgan fingerprint density at radius 3 is 2.46 bits per heavy atom. The van der Waals surface area contributed by atoms with E-state index in [9.17, 15) is 13.2 Å². The molecule has 0 saturated carbocycles. The van der Waals surface area contributed by atoms with Crippen LogP contribution in [0.2, 0.25) is 0 Å². The van der Waals surface area contributed by atoms with E-state index < -0.39 is 15.9 Å². The van der Waals surface area contributed by atoms with Crippen molar-refractivity contribution in [1.29, 1.82) is 0 Å². The first-order chi connectivity index (χ1) is 17.5. The van der Waals surface area contributed by atoms with Gasteiger partial charge in [-0.25, -0.2) is 19.7 Å². The molecule has 10 nitrogen and oxygen atoms in total. The van der Waals surface area contributed by atoms with Crippen LogP contribution in [0.25, 0.3) is 11.3 Å². The predicted molar refractivity (Wildman–Crippen MR) is 142 cm³/mol. The fourth-order valence-corrected chi connectivity index (χ4v) is 5.50. The Labute approximate surface area is 217 Å². The Morgan fingerprint density at radius 1 is 1.11 bits per heavy atom. The number of sulfonamides is 1. The second-order valence-corrected chi connectivity index (χ2v) is 11.3. The van der Waals surface area contributed by atoms with E-state index in [4.69, 9.17) is 15.5 Å². The summed E-state index contributed by atoms with van der Waals surface area (Å²) in [5.41, 5.74) is 7.13. The number of nitrogen functional groups attached to an aromatic ring is 1. The highest BCUT2D eigenvalue weighted by Crippen LogP contribution is 2.36. The number of carbonyl (C=O) groups is 1. The van der Waals surface area contributed by atoms with E-state index in [1.54, 1.807) is 24.4 Å². The SMILES string of the molecule is CC(C)Oc1ccc(-c2ccc(C(=O)NS(=O)(=O)c3cccc(N)n3)c(N3C(C)CC(C)C3C)n2)cn1. The third kappa shape index (κ3) is 5.66. The van der Waals surface area contributed by atoms with E-state index in [2.05, 4.69) is 40.4 Å². The first-order valence-electron chi connectivity index (χ1n) is 12.2. The van der Waals surface area contributed by atoms with Crippen molar-refractivity contribution in [3.63, 3.8) is 0 Å². The van der Waals surface area contributed by atoms with Crippen LogP contribution in [0.3, 0.4) is 0 Å². The van der Waals surface area contributed by atoms with Gasteiger partial charge in [0.15, 0.2) is 5.03 Å². The highest BCUT2D eigenvalue weighted by molar-refractivity contribution is 7.90. The third-order valence-electron chi connectivity index (χ3n) is 6.45. The van der Waals surface area contributed by atoms with E-state index in [1.807, 2.05) is 19.9 Å². The number of pyridine rings is 3. The first kappa shape index (κ1) is 26.3. The molecule has 1 amide bonds. The highest BCUT2D eigenvalue weighted by atomic mass is 32.2. The van der Waals surface area contributed by atoms with Gasteiger partial charge in [-0.2, -0.15) is 8.42 Å². The molecule has 3 unspecified atom stereocenters. The summed E-state index contributed by atoms with van der Waals surface area (Å²) in [6.07, 6.45) is 2.58. The van der Waals surface area contributed by atoms with Crippen LogP contribution in [0.5, 0.6) is 5.88 Å². The van der Waals surface area contributed by atoms with Crippen molar-refractivity contribution in [3.05, 3.63) is 54.2 Å². The molecule has 4 heterocycles. The molecule has 3 atom stereocenters. The molecule has 3 N–H and O–H groups in total. The van der Waals surface area contributed by atoms with Gasteiger partial charge >= 0.3 is 0 Å². The van der Waals surface area contributed by atoms with Gasteiger partial charge in [0, 0.05) is 29.9 Å². The molecule has 11 heteroatoms. The molecule has 0 radical (unpaired) electrons. The van der Waals surface area contributed by atoms with Crippen LogP contribution in [0.1, 0.15) is 51.4 Å². The molecule has 4 rings (SSSR count). The zero-order valence-corrected chi connectivity index (χ0v) is 22.4. The largest absolute Gasteiger partial charge is 0.475 e. The molecule has 1 aliphatic rings. The minimum absolute atomic E-state index is 0.000175. The van der Waals surface area contributed by atoms with Crippen molar-refractivity contribution in [2.75, 3.05) is 10.6 Å². The standard InChI is InChI=1S/C26H32N6O4S/c1-15(2)36-23-12-9-19(14-28-23)21-11-10-20(25(29-21)32-17(4)13-16(3)18(32)5)26(33)31-37(34,35)24-8-6-7-22(27)30-24/h6-12,14-18H,13H2,1-5H3,(H2,27,30)(H,31,33). The maximum atomic E-state index is 13.3. The zero-order valence-electron chi connectivity index (χ0n) is 21.5. The lowest BCUT2D eigenvalue weighted by atomic mass is 10.0. The molecule has 1 fully saturated rings. The summed E-state index contributed by atoms with van der Waals surface area (Å²) in [5.74, 6) is 0.527. The van der Waals surface area contributed by atoms with Gasteiger partial charge in [0.05, 0.1) is 17.4 Å². The Hall–Kier alpha value is -3.73. The fourth-order valence-electron chi connectivity index (χ4n) is 4.56. The van der Waals surface area contributed by atoms with E-state index in [1.165, 1.54) is 18.2 Å². The molecule has 196 valence electrons. The van der Waals surface area contributed by atoms with E-state index in [0.717, 1.165) is 12.0 Å². The summed E-state index contributed by atoms with van der Waals surface area (Å²) < 4.78 is 33.5. The van der Waals surface area contributed by atoms with Crippen LogP contribution in [0, 0.1) is 5.92 Å². The molecule has 0 aromatic carbocycles. The average molecular weight is 525 g/mol. The lowest BCUT2D eigenvalue weighted by Crippen LogP contribution is -2.38. The maximum absolute atomic E-state index is 13.3. The third-order valence-corrected chi connectivity index (χ3v) is 7.68. The smallest absolute Gasteiger partial charge is 0.281 e. The van der Waals surface area contributed by atoms with Crippen molar-refractivity contribution in [1.82, 2.24) is 19.7 Å². The van der Waals surface area contributed by atoms with Crippen molar-refractivity contribution in [2.24, 2.45) is 5.92 Å². The predicted octanol–water partition coefficient (Wildman–Crippen LogP) is 3.65. The number of ether oxygens (including phenoxy) is 1. The average Bonchev–Trinajstić information content (AvgIpc) is 3.09. The zero-order chi connectivity index (χ0) is 26.9. The summed E-state index contributed by atoms with van der Waals surface area (Å²) >= 11 is 0. The van der Waals surface area contributed by atoms with Crippen LogP contribution >= 0.6 is 0 Å². The van der Waals surface area contributed by atoms with Gasteiger partial charge in [0.1, 0.15) is 11.6 Å². The number of amides is 1. The van der Waals surface area contributed by atoms with Gasteiger partial charge < -0.3 is 15.4 Å². The van der Waals surface area contributed by atoms with Crippen LogP contribution in [-0.4, -0.2) is 47.5 Å². The van der Waals surface area contributed by atoms with Crippen LogP contribution < -0.4 is 20.1 Å². The maximum Gasteiger partial charge on any atom is 0.281 e. The Balaban J connectivity index is 1.73. The van der Waals surface area contributed by atoms with Gasteiger partial charge in [0.25, 0.3) is 15.9 Å². The molecule has 37 heavy (non-hydrogen) atoms. The second-order valence-electron chi connectivity index (χ2n) is 9.66. The summed E-state index contributed by atoms with van der Waals surface area (Å²) in [6, 6.07) is 11.3. The van der Waals surface area contributed by atoms with Crippen molar-refractivity contribution in [2.45, 2.75) is 64.3 Å². The fraction of sp³-hybridized carbons (Fsp3) is 0.385. The van der Waals surface area contributed by atoms with E-state index in [0.29, 0.717) is 23.3 Å². The molecule has 3 aromatic heterocycles. The molecule has 0 bridgehead atoms. The van der Waals surface area contributed by atoms with Gasteiger partial charge in [-0.05, 0) is 70.4 Å². The quantitative estimate of drug-likeness (QED) is 0.474. The molecule has 3 aromatic rings. The summed E-state index contributed by atoms with van der Waals surface area (Å²) in [4.78, 5) is 28.5. The Morgan fingerprint density at radius 2 is 1.86 bits per heavy atom. The minimum atomic E-state index is -4.25. The number of rotatable bonds is 7. The number of nitrogens with two attached hydrogens (primary N) is 1. The first-order valence-corrected chi connectivity index (χ1v) is 13.7. The monoisotopic (exact) mass is 524 g/mol. The molecular formula is C26H32N6O4S. The van der Waals surface area contributed by atoms with Crippen LogP contribution in [-0.2, 0) is 10.0 Å². The lowest BCUT2D eigenvalue weighted by molar-refractivity contribution is 0.0981. The Kier molecular flexibility index (Phi) is 7.35. The number of hydrogen-bond acceptors (Lipinski definition) is 9. The van der Waals surface area contributed by atoms with E-state index >= 15 is 0 Å². The van der Waals surface area contributed by atoms with Gasteiger partial charge in [-0.15, -0.1) is 0 Å². The number of nitrogens with zero attached hydrogens (tertiary/aromatic N) is 4. The van der Waals surface area contributed by atoms with Gasteiger partial charge in [0.2, 0.25) is 5.88 Å². The number of carbonyl (C=O) groups excluding carboxylic acids is 1.